The first kappa shape index (κ1) is 14.7. The van der Waals surface area contributed by atoms with Gasteiger partial charge in [-0.1, -0.05) is 29.8 Å². The van der Waals surface area contributed by atoms with Gasteiger partial charge in [0, 0.05) is 30.6 Å². The Kier molecular flexibility index (Phi) is 4.65. The summed E-state index contributed by atoms with van der Waals surface area (Å²) in [6.07, 6.45) is -0.0612. The highest BCUT2D eigenvalue weighted by atomic mass is 32.1. The maximum atomic E-state index is 9.18. The number of nitrogens with zero attached hydrogens (tertiary/aromatic N) is 2. The van der Waals surface area contributed by atoms with Crippen molar-refractivity contribution < 1.29 is 9.84 Å². The molecule has 5 heteroatoms. The fraction of sp³-hybridized carbons (Fsp3) is 0.438. The van der Waals surface area contributed by atoms with Crippen molar-refractivity contribution in [2.45, 2.75) is 19.6 Å². The largest absolute Gasteiger partial charge is 0.394 e. The fourth-order valence-electron chi connectivity index (χ4n) is 2.47. The maximum Gasteiger partial charge on any atom is 0.123 e. The van der Waals surface area contributed by atoms with Gasteiger partial charge in [0.2, 0.25) is 0 Å². The lowest BCUT2D eigenvalue weighted by Gasteiger charge is -2.31. The highest BCUT2D eigenvalue weighted by Gasteiger charge is 2.20. The van der Waals surface area contributed by atoms with Gasteiger partial charge in [-0.05, 0) is 6.92 Å². The molecule has 1 atom stereocenters. The standard InChI is InChI=1S/C16H20N2O2S/c1-12-2-4-13(5-3-12)16-17-14(11-21-16)8-18-6-7-20-15(9-18)10-19/h2-5,11,15,19H,6-10H2,1H3. The molecule has 112 valence electrons. The minimum Gasteiger partial charge on any atom is -0.394 e. The van der Waals surface area contributed by atoms with Gasteiger partial charge in [-0.2, -0.15) is 0 Å². The number of aliphatic hydroxyl groups is 1. The summed E-state index contributed by atoms with van der Waals surface area (Å²) in [5.74, 6) is 0. The van der Waals surface area contributed by atoms with E-state index in [1.165, 1.54) is 11.1 Å². The first-order valence-corrected chi connectivity index (χ1v) is 8.09. The van der Waals surface area contributed by atoms with Crippen molar-refractivity contribution in [2.24, 2.45) is 0 Å². The summed E-state index contributed by atoms with van der Waals surface area (Å²) < 4.78 is 5.47. The summed E-state index contributed by atoms with van der Waals surface area (Å²) in [6.45, 7) is 5.35. The average Bonchev–Trinajstić information content (AvgIpc) is 2.96. The Labute approximate surface area is 129 Å². The molecule has 2 aromatic rings. The molecule has 0 amide bonds. The molecule has 1 aromatic carbocycles. The Morgan fingerprint density at radius 3 is 2.95 bits per heavy atom. The molecule has 1 saturated heterocycles. The molecule has 3 rings (SSSR count). The van der Waals surface area contributed by atoms with Crippen LogP contribution in [-0.4, -0.2) is 47.4 Å². The van der Waals surface area contributed by atoms with E-state index >= 15 is 0 Å². The highest BCUT2D eigenvalue weighted by molar-refractivity contribution is 7.13. The van der Waals surface area contributed by atoms with Crippen LogP contribution in [0.5, 0.6) is 0 Å². The van der Waals surface area contributed by atoms with Crippen molar-refractivity contribution in [3.05, 3.63) is 40.9 Å². The predicted molar refractivity (Wildman–Crippen MR) is 84.4 cm³/mol. The van der Waals surface area contributed by atoms with Crippen molar-refractivity contribution >= 4 is 11.3 Å². The lowest BCUT2D eigenvalue weighted by Crippen LogP contribution is -2.43. The lowest BCUT2D eigenvalue weighted by molar-refractivity contribution is -0.0553. The molecule has 0 saturated carbocycles. The minimum absolute atomic E-state index is 0.0612. The number of aromatic nitrogens is 1. The molecule has 21 heavy (non-hydrogen) atoms. The van der Waals surface area contributed by atoms with Gasteiger partial charge in [-0.3, -0.25) is 4.90 Å². The Morgan fingerprint density at radius 2 is 2.19 bits per heavy atom. The third-order valence-corrected chi connectivity index (χ3v) is 4.60. The van der Waals surface area contributed by atoms with E-state index < -0.39 is 0 Å². The van der Waals surface area contributed by atoms with Gasteiger partial charge in [-0.25, -0.2) is 4.98 Å². The monoisotopic (exact) mass is 304 g/mol. The summed E-state index contributed by atoms with van der Waals surface area (Å²) in [7, 11) is 0. The zero-order valence-corrected chi connectivity index (χ0v) is 13.0. The van der Waals surface area contributed by atoms with Crippen LogP contribution >= 0.6 is 11.3 Å². The minimum atomic E-state index is -0.0612. The van der Waals surface area contributed by atoms with E-state index in [0.717, 1.165) is 30.3 Å². The van der Waals surface area contributed by atoms with Crippen LogP contribution in [0.4, 0.5) is 0 Å². The van der Waals surface area contributed by atoms with Crippen LogP contribution in [0.1, 0.15) is 11.3 Å². The van der Waals surface area contributed by atoms with E-state index in [0.29, 0.717) is 6.61 Å². The smallest absolute Gasteiger partial charge is 0.123 e. The second-order valence-corrected chi connectivity index (χ2v) is 6.28. The van der Waals surface area contributed by atoms with E-state index in [2.05, 4.69) is 41.5 Å². The van der Waals surface area contributed by atoms with Gasteiger partial charge in [0.15, 0.2) is 0 Å². The first-order chi connectivity index (χ1) is 10.2. The van der Waals surface area contributed by atoms with Gasteiger partial charge in [0.1, 0.15) is 5.01 Å². The molecule has 0 aliphatic carbocycles. The van der Waals surface area contributed by atoms with Crippen molar-refractivity contribution in [2.75, 3.05) is 26.3 Å². The third-order valence-electron chi connectivity index (χ3n) is 3.66. The molecule has 1 aromatic heterocycles. The van der Waals surface area contributed by atoms with Crippen molar-refractivity contribution in [1.29, 1.82) is 0 Å². The summed E-state index contributed by atoms with van der Waals surface area (Å²) in [4.78, 5) is 7.02. The van der Waals surface area contributed by atoms with Gasteiger partial charge in [-0.15, -0.1) is 11.3 Å². The van der Waals surface area contributed by atoms with E-state index in [4.69, 9.17) is 9.72 Å². The van der Waals surface area contributed by atoms with Gasteiger partial charge in [0.05, 0.1) is 25.0 Å². The maximum absolute atomic E-state index is 9.18. The molecule has 1 aliphatic rings. The van der Waals surface area contributed by atoms with E-state index in [9.17, 15) is 5.11 Å². The van der Waals surface area contributed by atoms with Crippen LogP contribution in [0, 0.1) is 6.92 Å². The normalized spacial score (nSPS) is 19.8. The molecule has 1 fully saturated rings. The lowest BCUT2D eigenvalue weighted by atomic mass is 10.2. The summed E-state index contributed by atoms with van der Waals surface area (Å²) in [5.41, 5.74) is 3.53. The number of hydrogen-bond acceptors (Lipinski definition) is 5. The molecule has 1 aliphatic heterocycles. The molecule has 4 nitrogen and oxygen atoms in total. The topological polar surface area (TPSA) is 45.6 Å². The van der Waals surface area contributed by atoms with Crippen LogP contribution in [0.3, 0.4) is 0 Å². The van der Waals surface area contributed by atoms with Gasteiger partial charge < -0.3 is 9.84 Å². The second-order valence-electron chi connectivity index (χ2n) is 5.42. The predicted octanol–water partition coefficient (Wildman–Crippen LogP) is 2.31. The van der Waals surface area contributed by atoms with E-state index in [-0.39, 0.29) is 12.7 Å². The van der Waals surface area contributed by atoms with Gasteiger partial charge >= 0.3 is 0 Å². The zero-order valence-electron chi connectivity index (χ0n) is 12.2. The number of hydrogen-bond donors (Lipinski definition) is 1. The summed E-state index contributed by atoms with van der Waals surface area (Å²) in [5, 5.41) is 12.4. The summed E-state index contributed by atoms with van der Waals surface area (Å²) >= 11 is 1.69. The Hall–Kier alpha value is -1.27. The number of aliphatic hydroxyl groups excluding tert-OH is 1. The van der Waals surface area contributed by atoms with Crippen LogP contribution in [0.2, 0.25) is 0 Å². The van der Waals surface area contributed by atoms with Crippen molar-refractivity contribution in [3.8, 4) is 10.6 Å². The van der Waals surface area contributed by atoms with E-state index in [1.807, 2.05) is 0 Å². The fourth-order valence-corrected chi connectivity index (χ4v) is 3.29. The number of ether oxygens (including phenoxy) is 1. The van der Waals surface area contributed by atoms with Crippen LogP contribution in [0.15, 0.2) is 29.6 Å². The number of rotatable bonds is 4. The molecule has 0 radical (unpaired) electrons. The SMILES string of the molecule is Cc1ccc(-c2nc(CN3CCOC(CO)C3)cs2)cc1. The average molecular weight is 304 g/mol. The van der Waals surface area contributed by atoms with Crippen molar-refractivity contribution in [1.82, 2.24) is 9.88 Å². The number of aryl methyl sites for hydroxylation is 1. The number of benzene rings is 1. The molecular weight excluding hydrogens is 284 g/mol. The molecule has 0 bridgehead atoms. The molecule has 0 spiro atoms. The van der Waals surface area contributed by atoms with Crippen LogP contribution in [0.25, 0.3) is 10.6 Å². The molecule has 1 unspecified atom stereocenters. The Bertz CT molecular complexity index is 582. The second kappa shape index (κ2) is 6.66. The zero-order chi connectivity index (χ0) is 14.7. The Morgan fingerprint density at radius 1 is 1.38 bits per heavy atom. The first-order valence-electron chi connectivity index (χ1n) is 7.21. The molecular formula is C16H20N2O2S. The van der Waals surface area contributed by atoms with E-state index in [1.54, 1.807) is 11.3 Å². The Balaban J connectivity index is 1.66. The molecule has 1 N–H and O–H groups in total. The summed E-state index contributed by atoms with van der Waals surface area (Å²) in [6, 6.07) is 8.47. The number of thiazole rings is 1. The molecule has 2 heterocycles. The van der Waals surface area contributed by atoms with Gasteiger partial charge in [0.25, 0.3) is 0 Å². The quantitative estimate of drug-likeness (QED) is 0.941. The van der Waals surface area contributed by atoms with Crippen molar-refractivity contribution in [3.63, 3.8) is 0 Å². The highest BCUT2D eigenvalue weighted by Crippen LogP contribution is 2.24. The van der Waals surface area contributed by atoms with Crippen LogP contribution < -0.4 is 0 Å². The number of morpholine rings is 1. The van der Waals surface area contributed by atoms with Crippen LogP contribution in [-0.2, 0) is 11.3 Å². The third kappa shape index (κ3) is 3.68.